The molecule has 0 aliphatic rings. The molecule has 124 valence electrons. The fourth-order valence-electron chi connectivity index (χ4n) is 1.82. The summed E-state index contributed by atoms with van der Waals surface area (Å²) in [5, 5.41) is 9.18. The molecule has 1 unspecified atom stereocenters. The molecule has 22 heavy (non-hydrogen) atoms. The monoisotopic (exact) mass is 329 g/mol. The molecular weight excluding hydrogens is 306 g/mol. The van der Waals surface area contributed by atoms with E-state index >= 15 is 0 Å². The number of rotatable bonds is 11. The van der Waals surface area contributed by atoms with Crippen molar-refractivity contribution in [2.45, 2.75) is 32.2 Å². The molecule has 1 aromatic carbocycles. The van der Waals surface area contributed by atoms with Crippen LogP contribution >= 0.6 is 0 Å². The van der Waals surface area contributed by atoms with Gasteiger partial charge in [0, 0.05) is 6.61 Å². The lowest BCUT2D eigenvalue weighted by atomic mass is 10.1. The molecule has 6 nitrogen and oxygen atoms in total. The van der Waals surface area contributed by atoms with Crippen molar-refractivity contribution >= 4 is 16.0 Å². The van der Waals surface area contributed by atoms with Crippen LogP contribution in [0.15, 0.2) is 30.3 Å². The summed E-state index contributed by atoms with van der Waals surface area (Å²) in [6.45, 7) is 2.59. The minimum atomic E-state index is -3.69. The molecule has 0 fully saturated rings. The van der Waals surface area contributed by atoms with E-state index in [4.69, 9.17) is 4.74 Å². The van der Waals surface area contributed by atoms with E-state index in [1.165, 1.54) is 0 Å². The summed E-state index contributed by atoms with van der Waals surface area (Å²) >= 11 is 0. The molecule has 0 radical (unpaired) electrons. The van der Waals surface area contributed by atoms with Crippen LogP contribution in [0.25, 0.3) is 0 Å². The molecular formula is C15H23NO5S. The highest BCUT2D eigenvalue weighted by Gasteiger charge is 2.24. The van der Waals surface area contributed by atoms with Crippen molar-refractivity contribution < 1.29 is 23.1 Å². The van der Waals surface area contributed by atoms with Crippen LogP contribution in [0.4, 0.5) is 0 Å². The zero-order chi connectivity index (χ0) is 16.4. The second-order valence-electron chi connectivity index (χ2n) is 4.98. The van der Waals surface area contributed by atoms with Crippen LogP contribution in [0.3, 0.4) is 0 Å². The Kier molecular flexibility index (Phi) is 8.08. The smallest absolute Gasteiger partial charge is 0.322 e. The van der Waals surface area contributed by atoms with E-state index in [9.17, 15) is 18.3 Å². The Hall–Kier alpha value is -1.44. The molecule has 7 heteroatoms. The second-order valence-corrected chi connectivity index (χ2v) is 6.86. The van der Waals surface area contributed by atoms with Crippen molar-refractivity contribution in [3.63, 3.8) is 0 Å². The number of unbranched alkanes of at least 4 members (excludes halogenated alkanes) is 1. The summed E-state index contributed by atoms with van der Waals surface area (Å²) in [6.07, 6.45) is 1.95. The van der Waals surface area contributed by atoms with Crippen LogP contribution < -0.4 is 4.72 Å². The first kappa shape index (κ1) is 18.6. The maximum absolute atomic E-state index is 11.9. The van der Waals surface area contributed by atoms with Gasteiger partial charge in [-0.1, -0.05) is 43.7 Å². The molecule has 0 aliphatic carbocycles. The predicted octanol–water partition coefficient (Wildman–Crippen LogP) is 1.42. The molecule has 1 aromatic rings. The van der Waals surface area contributed by atoms with Crippen molar-refractivity contribution in [3.8, 4) is 0 Å². The van der Waals surface area contributed by atoms with Crippen LogP contribution in [0, 0.1) is 0 Å². The largest absolute Gasteiger partial charge is 0.480 e. The molecule has 1 atom stereocenters. The topological polar surface area (TPSA) is 92.7 Å². The number of aliphatic carboxylic acids is 1. The number of nitrogens with one attached hydrogen (secondary N) is 1. The first-order valence-electron chi connectivity index (χ1n) is 7.29. The zero-order valence-electron chi connectivity index (χ0n) is 12.7. The number of ether oxygens (including phenoxy) is 1. The number of sulfonamides is 1. The number of hydrogen-bond acceptors (Lipinski definition) is 4. The Labute approximate surface area is 131 Å². The quantitative estimate of drug-likeness (QED) is 0.599. The summed E-state index contributed by atoms with van der Waals surface area (Å²) in [4.78, 5) is 11.2. The van der Waals surface area contributed by atoms with Gasteiger partial charge in [0.15, 0.2) is 0 Å². The van der Waals surface area contributed by atoms with Crippen molar-refractivity contribution in [1.82, 2.24) is 4.72 Å². The summed E-state index contributed by atoms with van der Waals surface area (Å²) in [6, 6.07) is 7.73. The van der Waals surface area contributed by atoms with Gasteiger partial charge in [0.2, 0.25) is 10.0 Å². The maximum Gasteiger partial charge on any atom is 0.322 e. The van der Waals surface area contributed by atoms with Crippen molar-refractivity contribution in [3.05, 3.63) is 35.9 Å². The Bertz CT molecular complexity index is 544. The molecule has 1 rings (SSSR count). The van der Waals surface area contributed by atoms with Gasteiger partial charge in [-0.15, -0.1) is 0 Å². The van der Waals surface area contributed by atoms with Crippen LogP contribution in [-0.4, -0.2) is 44.5 Å². The molecule has 0 amide bonds. The third kappa shape index (κ3) is 7.53. The number of carboxylic acids is 1. The summed E-state index contributed by atoms with van der Waals surface area (Å²) in [7, 11) is -3.69. The van der Waals surface area contributed by atoms with E-state index in [-0.39, 0.29) is 18.8 Å². The van der Waals surface area contributed by atoms with E-state index in [2.05, 4.69) is 4.72 Å². The van der Waals surface area contributed by atoms with Gasteiger partial charge in [-0.25, -0.2) is 13.1 Å². The number of carbonyl (C=O) groups is 1. The summed E-state index contributed by atoms with van der Waals surface area (Å²) in [5.41, 5.74) is 0.761. The lowest BCUT2D eigenvalue weighted by Crippen LogP contribution is -2.43. The fourth-order valence-corrected chi connectivity index (χ4v) is 2.89. The standard InChI is InChI=1S/C15H23NO5S/c1-2-3-9-21-10-11-22(19,20)16-14(15(17)18)12-13-7-5-4-6-8-13/h4-8,14,16H,2-3,9-12H2,1H3,(H,17,18). The Morgan fingerprint density at radius 1 is 1.27 bits per heavy atom. The van der Waals surface area contributed by atoms with E-state index in [0.717, 1.165) is 18.4 Å². The molecule has 0 saturated heterocycles. The van der Waals surface area contributed by atoms with Crippen molar-refractivity contribution in [2.24, 2.45) is 0 Å². The highest BCUT2D eigenvalue weighted by molar-refractivity contribution is 7.89. The first-order valence-corrected chi connectivity index (χ1v) is 8.94. The van der Waals surface area contributed by atoms with Crippen molar-refractivity contribution in [2.75, 3.05) is 19.0 Å². The molecule has 0 spiro atoms. The number of hydrogen-bond donors (Lipinski definition) is 2. The van der Waals surface area contributed by atoms with E-state index in [1.54, 1.807) is 24.3 Å². The summed E-state index contributed by atoms with van der Waals surface area (Å²) in [5.74, 6) is -1.44. The van der Waals surface area contributed by atoms with Crippen LogP contribution in [0.2, 0.25) is 0 Å². The second kappa shape index (κ2) is 9.55. The Morgan fingerprint density at radius 3 is 2.55 bits per heavy atom. The molecule has 0 aliphatic heterocycles. The van der Waals surface area contributed by atoms with Gasteiger partial charge in [0.05, 0.1) is 12.4 Å². The third-order valence-corrected chi connectivity index (χ3v) is 4.39. The van der Waals surface area contributed by atoms with Crippen LogP contribution in [-0.2, 0) is 26.0 Å². The fraction of sp³-hybridized carbons (Fsp3) is 0.533. The van der Waals surface area contributed by atoms with E-state index < -0.39 is 22.0 Å². The minimum Gasteiger partial charge on any atom is -0.480 e. The molecule has 0 saturated carbocycles. The zero-order valence-corrected chi connectivity index (χ0v) is 13.5. The van der Waals surface area contributed by atoms with Gasteiger partial charge >= 0.3 is 5.97 Å². The third-order valence-electron chi connectivity index (χ3n) is 3.04. The predicted molar refractivity (Wildman–Crippen MR) is 84.2 cm³/mol. The number of benzene rings is 1. The first-order chi connectivity index (χ1) is 10.4. The maximum atomic E-state index is 11.9. The SMILES string of the molecule is CCCCOCCS(=O)(=O)NC(Cc1ccccc1)C(=O)O. The van der Waals surface area contributed by atoms with Gasteiger partial charge in [-0.05, 0) is 18.4 Å². The van der Waals surface area contributed by atoms with Gasteiger partial charge in [-0.2, -0.15) is 0 Å². The Morgan fingerprint density at radius 2 is 1.95 bits per heavy atom. The van der Waals surface area contributed by atoms with Gasteiger partial charge < -0.3 is 9.84 Å². The molecule has 0 bridgehead atoms. The average molecular weight is 329 g/mol. The van der Waals surface area contributed by atoms with E-state index in [1.807, 2.05) is 13.0 Å². The molecule has 0 heterocycles. The lowest BCUT2D eigenvalue weighted by Gasteiger charge is -2.15. The lowest BCUT2D eigenvalue weighted by molar-refractivity contribution is -0.138. The van der Waals surface area contributed by atoms with Gasteiger partial charge in [0.1, 0.15) is 6.04 Å². The van der Waals surface area contributed by atoms with Crippen LogP contribution in [0.1, 0.15) is 25.3 Å². The highest BCUT2D eigenvalue weighted by Crippen LogP contribution is 2.05. The van der Waals surface area contributed by atoms with Gasteiger partial charge in [0.25, 0.3) is 0 Å². The molecule has 2 N–H and O–H groups in total. The molecule has 0 aromatic heterocycles. The van der Waals surface area contributed by atoms with E-state index in [0.29, 0.717) is 6.61 Å². The Balaban J connectivity index is 2.52. The average Bonchev–Trinajstić information content (AvgIpc) is 2.47. The summed E-state index contributed by atoms with van der Waals surface area (Å²) < 4.78 is 31.3. The highest BCUT2D eigenvalue weighted by atomic mass is 32.2. The normalized spacial score (nSPS) is 13.0. The van der Waals surface area contributed by atoms with Crippen LogP contribution in [0.5, 0.6) is 0 Å². The minimum absolute atomic E-state index is 0.0625. The van der Waals surface area contributed by atoms with Gasteiger partial charge in [-0.3, -0.25) is 4.79 Å². The number of carboxylic acid groups (broad SMARTS) is 1. The van der Waals surface area contributed by atoms with Crippen molar-refractivity contribution in [1.29, 1.82) is 0 Å².